The zero-order valence-corrected chi connectivity index (χ0v) is 44.6. The lowest BCUT2D eigenvalue weighted by atomic mass is 10.1. The van der Waals surface area contributed by atoms with Gasteiger partial charge in [0.05, 0.1) is 31.6 Å². The van der Waals surface area contributed by atoms with Crippen molar-refractivity contribution in [2.45, 2.75) is 105 Å². The predicted molar refractivity (Wildman–Crippen MR) is 285 cm³/mol. The molecule has 6 rings (SSSR count). The number of amides is 4. The fourth-order valence-electron chi connectivity index (χ4n) is 6.70. The highest BCUT2D eigenvalue weighted by atomic mass is 35.5. The van der Waals surface area contributed by atoms with Crippen LogP contribution in [-0.4, -0.2) is 124 Å². The molecule has 4 heterocycles. The Morgan fingerprint density at radius 1 is 0.671 bits per heavy atom. The molecule has 0 saturated carbocycles. The zero-order chi connectivity index (χ0) is 53.9. The van der Waals surface area contributed by atoms with Crippen LogP contribution in [0.1, 0.15) is 101 Å². The molecule has 4 aromatic rings. The second-order valence-corrected chi connectivity index (χ2v) is 19.5. The monoisotopic (exact) mass is 1050 g/mol. The van der Waals surface area contributed by atoms with Gasteiger partial charge in [0.2, 0.25) is 17.9 Å². The molecule has 2 aromatic carbocycles. The summed E-state index contributed by atoms with van der Waals surface area (Å²) in [5.41, 5.74) is 12.3. The summed E-state index contributed by atoms with van der Waals surface area (Å²) in [5, 5.41) is 11.4. The smallest absolute Gasteiger partial charge is 0.414 e. The lowest BCUT2D eigenvalue weighted by molar-refractivity contribution is 0.0544. The molecule has 0 spiro atoms. The van der Waals surface area contributed by atoms with E-state index in [1.165, 1.54) is 4.90 Å². The maximum Gasteiger partial charge on any atom is 0.414 e. The first-order chi connectivity index (χ1) is 34.4. The van der Waals surface area contributed by atoms with Gasteiger partial charge >= 0.3 is 12.2 Å². The minimum Gasteiger partial charge on any atom is -0.493 e. The molecule has 8 N–H and O–H groups in total. The Morgan fingerprint density at radius 2 is 1.07 bits per heavy atom. The number of aromatic nitrogens is 4. The van der Waals surface area contributed by atoms with Gasteiger partial charge in [-0.05, 0) is 129 Å². The number of hydrogen-bond donors (Lipinski definition) is 6. The van der Waals surface area contributed by atoms with Gasteiger partial charge < -0.3 is 41.0 Å². The Bertz CT molecular complexity index is 2530. The van der Waals surface area contributed by atoms with Crippen molar-refractivity contribution in [1.82, 2.24) is 30.6 Å². The van der Waals surface area contributed by atoms with Gasteiger partial charge in [-0.15, -0.1) is 23.2 Å². The SMILES string of the molecule is CC(C)Nc1nccc(N(CCN=C(N)N)C(=O)c2ccc3c(c2)CCO3)n1.CC(C)Nc1nccc(N(CCN=C(NC(=O)OC(C)(C)C)NC(=O)OC(C)(C)C)C(=O)c2ccc3c(c2)CCO3)n1.ClCCl. The van der Waals surface area contributed by atoms with Gasteiger partial charge in [0.25, 0.3) is 11.8 Å². The summed E-state index contributed by atoms with van der Waals surface area (Å²) < 4.78 is 21.7. The van der Waals surface area contributed by atoms with E-state index in [1.807, 2.05) is 45.9 Å². The maximum atomic E-state index is 13.8. The van der Waals surface area contributed by atoms with E-state index in [9.17, 15) is 19.2 Å². The molecule has 0 radical (unpaired) electrons. The van der Waals surface area contributed by atoms with Gasteiger partial charge in [0.1, 0.15) is 34.3 Å². The highest BCUT2D eigenvalue weighted by Gasteiger charge is 2.26. The van der Waals surface area contributed by atoms with Crippen molar-refractivity contribution in [2.75, 3.05) is 65.2 Å². The summed E-state index contributed by atoms with van der Waals surface area (Å²) in [6.45, 7) is 19.9. The molecule has 0 unspecified atom stereocenters. The summed E-state index contributed by atoms with van der Waals surface area (Å²) >= 11 is 9.53. The van der Waals surface area contributed by atoms with Crippen molar-refractivity contribution in [3.63, 3.8) is 0 Å². The Morgan fingerprint density at radius 3 is 1.44 bits per heavy atom. The summed E-state index contributed by atoms with van der Waals surface area (Å²) in [6, 6.07) is 14.3. The minimum absolute atomic E-state index is 0.0162. The van der Waals surface area contributed by atoms with Gasteiger partial charge in [0.15, 0.2) is 5.96 Å². The summed E-state index contributed by atoms with van der Waals surface area (Å²) in [6.07, 6.45) is 3.06. The van der Waals surface area contributed by atoms with Crippen molar-refractivity contribution in [2.24, 2.45) is 21.5 Å². The van der Waals surface area contributed by atoms with Crippen LogP contribution in [0, 0.1) is 0 Å². The Balaban J connectivity index is 0.000000321. The molecular formula is C49H68Cl2N14O8. The molecule has 396 valence electrons. The maximum absolute atomic E-state index is 13.8. The normalized spacial score (nSPS) is 12.1. The number of alkyl carbamates (subject to hydrolysis) is 2. The average molecular weight is 1050 g/mol. The van der Waals surface area contributed by atoms with Gasteiger partial charge in [-0.1, -0.05) is 0 Å². The number of carbonyl (C=O) groups is 4. The lowest BCUT2D eigenvalue weighted by Gasteiger charge is -2.23. The molecule has 2 aliphatic rings. The molecule has 24 heteroatoms. The van der Waals surface area contributed by atoms with Gasteiger partial charge in [-0.2, -0.15) is 9.97 Å². The number of alkyl halides is 2. The number of halogens is 2. The molecule has 0 aliphatic carbocycles. The molecule has 0 saturated heterocycles. The van der Waals surface area contributed by atoms with Crippen molar-refractivity contribution in [1.29, 1.82) is 0 Å². The van der Waals surface area contributed by atoms with E-state index in [2.05, 4.69) is 51.2 Å². The molecule has 73 heavy (non-hydrogen) atoms. The van der Waals surface area contributed by atoms with E-state index in [-0.39, 0.29) is 67.3 Å². The van der Waals surface area contributed by atoms with Crippen molar-refractivity contribution in [3.05, 3.63) is 83.2 Å². The number of rotatable bonds is 14. The van der Waals surface area contributed by atoms with Crippen LogP contribution < -0.4 is 52.0 Å². The molecule has 4 amide bonds. The van der Waals surface area contributed by atoms with Crippen molar-refractivity contribution in [3.8, 4) is 11.5 Å². The van der Waals surface area contributed by atoms with Gasteiger partial charge in [-0.25, -0.2) is 19.6 Å². The number of benzene rings is 2. The number of carbonyl (C=O) groups excluding carboxylic acids is 4. The van der Waals surface area contributed by atoms with Gasteiger partial charge in [0, 0.05) is 61.5 Å². The number of nitrogens with one attached hydrogen (secondary N) is 4. The second-order valence-electron chi connectivity index (χ2n) is 18.7. The number of nitrogens with zero attached hydrogens (tertiary/aromatic N) is 8. The first kappa shape index (κ1) is 58.4. The van der Waals surface area contributed by atoms with E-state index in [4.69, 9.17) is 53.6 Å². The summed E-state index contributed by atoms with van der Waals surface area (Å²) in [5.74, 6) is 2.54. The van der Waals surface area contributed by atoms with Crippen molar-refractivity contribution >= 4 is 82.7 Å². The van der Waals surface area contributed by atoms with Crippen LogP contribution in [0.5, 0.6) is 11.5 Å². The summed E-state index contributed by atoms with van der Waals surface area (Å²) in [7, 11) is 0. The van der Waals surface area contributed by atoms with Crippen LogP contribution in [0.3, 0.4) is 0 Å². The highest BCUT2D eigenvalue weighted by molar-refractivity contribution is 6.40. The van der Waals surface area contributed by atoms with Crippen LogP contribution >= 0.6 is 23.2 Å². The van der Waals surface area contributed by atoms with Crippen LogP contribution in [0.2, 0.25) is 0 Å². The molecule has 2 aliphatic heterocycles. The topological polar surface area (TPSA) is 288 Å². The van der Waals surface area contributed by atoms with E-state index < -0.39 is 23.4 Å². The van der Waals surface area contributed by atoms with Crippen molar-refractivity contribution < 1.29 is 38.1 Å². The number of fused-ring (bicyclic) bond motifs is 2. The van der Waals surface area contributed by atoms with E-state index in [0.717, 1.165) is 29.0 Å². The molecule has 2 aromatic heterocycles. The van der Waals surface area contributed by atoms with Crippen LogP contribution in [0.4, 0.5) is 33.1 Å². The first-order valence-corrected chi connectivity index (χ1v) is 24.6. The van der Waals surface area contributed by atoms with Crippen LogP contribution in [-0.2, 0) is 22.3 Å². The summed E-state index contributed by atoms with van der Waals surface area (Å²) in [4.78, 5) is 80.8. The first-order valence-electron chi connectivity index (χ1n) is 23.5. The Hall–Kier alpha value is -7.20. The number of aliphatic imine (C=N–C) groups is 2. The number of nitrogens with two attached hydrogens (primary N) is 2. The number of anilines is 4. The number of guanidine groups is 2. The molecule has 0 fully saturated rings. The van der Waals surface area contributed by atoms with Gasteiger partial charge in [-0.3, -0.25) is 40.0 Å². The van der Waals surface area contributed by atoms with E-state index in [0.29, 0.717) is 54.3 Å². The highest BCUT2D eigenvalue weighted by Crippen LogP contribution is 2.29. The number of ether oxygens (including phenoxy) is 4. The Labute approximate surface area is 436 Å². The fraction of sp³-hybridized carbons (Fsp3) is 0.469. The third kappa shape index (κ3) is 20.1. The fourth-order valence-corrected chi connectivity index (χ4v) is 6.70. The minimum atomic E-state index is -0.814. The third-order valence-corrected chi connectivity index (χ3v) is 9.48. The molecular weight excluding hydrogens is 984 g/mol. The standard InChI is InChI=1S/C29H41N7O6.C19H25N7O2.CH2Cl2/c1-18(2)32-24-30-13-11-22(33-24)36(23(37)20-9-10-21-19(17-20)12-16-40-21)15-14-31-25(34-26(38)41-28(3,4)5)35-27(39)42-29(6,7)8;1-12(2)24-19-23-7-5-16(25-19)26(9-8-22-18(20)21)17(27)14-3-4-15-13(11-14)6-10-28-15;2-1-3/h9-11,13,17-18H,12,14-16H2,1-8H3,(H,30,32,33)(H2,31,34,35,38,39);3-5,7,11-12H,6,8-10H2,1-2H3,(H4,20,21,22)(H,23,24,25);1H2. The molecule has 0 atom stereocenters. The van der Waals surface area contributed by atoms with Crippen LogP contribution in [0.25, 0.3) is 0 Å². The quantitative estimate of drug-likeness (QED) is 0.0427. The van der Waals surface area contributed by atoms with E-state index >= 15 is 0 Å². The zero-order valence-electron chi connectivity index (χ0n) is 43.0. The van der Waals surface area contributed by atoms with E-state index in [1.54, 1.807) is 89.2 Å². The predicted octanol–water partition coefficient (Wildman–Crippen LogP) is 6.86. The molecule has 0 bridgehead atoms. The lowest BCUT2D eigenvalue weighted by Crippen LogP contribution is -2.47. The average Bonchev–Trinajstić information content (AvgIpc) is 3.97. The Kier molecular flexibility index (Phi) is 22.1. The largest absolute Gasteiger partial charge is 0.493 e. The number of hydrogen-bond acceptors (Lipinski definition) is 16. The van der Waals surface area contributed by atoms with Crippen LogP contribution in [0.15, 0.2) is 70.9 Å². The third-order valence-electron chi connectivity index (χ3n) is 9.48. The molecule has 22 nitrogen and oxygen atoms in total. The second kappa shape index (κ2) is 27.6.